The molecule has 0 aromatic rings. The molecule has 2 fully saturated rings. The average molecular weight is 325 g/mol. The summed E-state index contributed by atoms with van der Waals surface area (Å²) in [5.41, 5.74) is 0. The van der Waals surface area contributed by atoms with E-state index in [1.165, 1.54) is 38.5 Å². The summed E-state index contributed by atoms with van der Waals surface area (Å²) in [7, 11) is 4.41. The van der Waals surface area contributed by atoms with Gasteiger partial charge in [0.25, 0.3) is 0 Å². The van der Waals surface area contributed by atoms with Crippen LogP contribution in [0.2, 0.25) is 0 Å². The van der Waals surface area contributed by atoms with Crippen LogP contribution in [0.15, 0.2) is 4.99 Å². The molecule has 134 valence electrons. The van der Waals surface area contributed by atoms with E-state index in [-0.39, 0.29) is 0 Å². The molecular weight excluding hydrogens is 288 g/mol. The Balaban J connectivity index is 1.77. The van der Waals surface area contributed by atoms with Crippen molar-refractivity contribution in [2.75, 3.05) is 53.5 Å². The van der Waals surface area contributed by atoms with Crippen LogP contribution >= 0.6 is 0 Å². The lowest BCUT2D eigenvalue weighted by Crippen LogP contribution is -2.42. The molecule has 1 atom stereocenters. The van der Waals surface area contributed by atoms with Gasteiger partial charge in [0, 0.05) is 45.2 Å². The lowest BCUT2D eigenvalue weighted by Gasteiger charge is -2.31. The van der Waals surface area contributed by atoms with Crippen LogP contribution in [-0.2, 0) is 4.74 Å². The van der Waals surface area contributed by atoms with Gasteiger partial charge >= 0.3 is 0 Å². The third kappa shape index (κ3) is 6.30. The van der Waals surface area contributed by atoms with Crippen LogP contribution in [0.1, 0.15) is 45.4 Å². The lowest BCUT2D eigenvalue weighted by molar-refractivity contribution is 0.181. The van der Waals surface area contributed by atoms with Crippen LogP contribution < -0.4 is 5.32 Å². The van der Waals surface area contributed by atoms with Crippen LogP contribution in [0.25, 0.3) is 0 Å². The quantitative estimate of drug-likeness (QED) is 0.576. The highest BCUT2D eigenvalue weighted by molar-refractivity contribution is 5.79. The predicted molar refractivity (Wildman–Crippen MR) is 97.0 cm³/mol. The number of aliphatic imine (C=N–C) groups is 1. The molecule has 2 aliphatic rings. The van der Waals surface area contributed by atoms with E-state index >= 15 is 0 Å². The Morgan fingerprint density at radius 2 is 1.96 bits per heavy atom. The van der Waals surface area contributed by atoms with Gasteiger partial charge in [0.1, 0.15) is 0 Å². The Hall–Kier alpha value is -0.810. The predicted octanol–water partition coefficient (Wildman–Crippen LogP) is 2.18. The number of nitrogens with zero attached hydrogens (tertiary/aromatic N) is 3. The summed E-state index contributed by atoms with van der Waals surface area (Å²) >= 11 is 0. The minimum atomic E-state index is 0.647. The number of nitrogens with one attached hydrogen (secondary N) is 1. The fraction of sp³-hybridized carbons (Fsp3) is 0.944. The third-order valence-electron chi connectivity index (χ3n) is 5.16. The first-order chi connectivity index (χ1) is 11.2. The second-order valence-electron chi connectivity index (χ2n) is 7.12. The van der Waals surface area contributed by atoms with Gasteiger partial charge in [-0.2, -0.15) is 0 Å². The van der Waals surface area contributed by atoms with E-state index in [0.29, 0.717) is 5.92 Å². The fourth-order valence-electron chi connectivity index (χ4n) is 3.69. The summed E-state index contributed by atoms with van der Waals surface area (Å²) in [6.45, 7) is 7.83. The highest BCUT2D eigenvalue weighted by Crippen LogP contribution is 2.21. The summed E-state index contributed by atoms with van der Waals surface area (Å²) in [6.07, 6.45) is 8.11. The molecule has 0 aromatic carbocycles. The maximum atomic E-state index is 5.48. The molecule has 0 amide bonds. The van der Waals surface area contributed by atoms with E-state index in [2.05, 4.69) is 36.1 Å². The zero-order chi connectivity index (χ0) is 16.5. The molecule has 23 heavy (non-hydrogen) atoms. The van der Waals surface area contributed by atoms with E-state index in [0.717, 1.165) is 51.4 Å². The number of hydrogen-bond donors (Lipinski definition) is 1. The maximum absolute atomic E-state index is 5.48. The normalized spacial score (nSPS) is 23.5. The molecule has 1 saturated heterocycles. The van der Waals surface area contributed by atoms with Crippen LogP contribution in [0.4, 0.5) is 0 Å². The van der Waals surface area contributed by atoms with Crippen molar-refractivity contribution in [2.45, 2.75) is 51.5 Å². The molecule has 5 nitrogen and oxygen atoms in total. The molecule has 0 aromatic heterocycles. The Bertz CT molecular complexity index is 349. The monoisotopic (exact) mass is 324 g/mol. The molecule has 0 bridgehead atoms. The summed E-state index contributed by atoms with van der Waals surface area (Å²) in [4.78, 5) is 9.62. The van der Waals surface area contributed by atoms with E-state index in [1.807, 2.05) is 0 Å². The number of guanidine groups is 1. The molecule has 0 radical (unpaired) electrons. The number of likely N-dealkylation sites (N-methyl/N-ethyl adjacent to an activating group) is 1. The lowest BCUT2D eigenvalue weighted by atomic mass is 9.94. The molecule has 1 aliphatic carbocycles. The molecule has 1 unspecified atom stereocenters. The van der Waals surface area contributed by atoms with Crippen LogP contribution in [0, 0.1) is 5.92 Å². The summed E-state index contributed by atoms with van der Waals surface area (Å²) in [5, 5.41) is 3.43. The summed E-state index contributed by atoms with van der Waals surface area (Å²) < 4.78 is 5.48. The van der Waals surface area contributed by atoms with Crippen molar-refractivity contribution < 1.29 is 4.74 Å². The van der Waals surface area contributed by atoms with Crippen molar-refractivity contribution in [1.29, 1.82) is 0 Å². The van der Waals surface area contributed by atoms with Gasteiger partial charge in [-0.3, -0.25) is 4.99 Å². The zero-order valence-corrected chi connectivity index (χ0v) is 15.4. The third-order valence-corrected chi connectivity index (χ3v) is 5.16. The molecular formula is C18H36N4O. The van der Waals surface area contributed by atoms with Gasteiger partial charge in [0.05, 0.1) is 13.2 Å². The van der Waals surface area contributed by atoms with E-state index in [9.17, 15) is 0 Å². The molecule has 1 N–H and O–H groups in total. The van der Waals surface area contributed by atoms with E-state index in [4.69, 9.17) is 9.73 Å². The Kier molecular flexibility index (Phi) is 8.17. The van der Waals surface area contributed by atoms with Crippen LogP contribution in [0.5, 0.6) is 0 Å². The van der Waals surface area contributed by atoms with Crippen molar-refractivity contribution in [1.82, 2.24) is 15.1 Å². The van der Waals surface area contributed by atoms with Gasteiger partial charge in [-0.25, -0.2) is 0 Å². The number of rotatable bonds is 7. The first kappa shape index (κ1) is 18.5. The SMILES string of the molecule is CCNC(=NCCN(C)C1CCCCC1)N(C)CC1CCOC1. The number of ether oxygens (including phenoxy) is 1. The second kappa shape index (κ2) is 10.1. The van der Waals surface area contributed by atoms with Crippen LogP contribution in [0.3, 0.4) is 0 Å². The highest BCUT2D eigenvalue weighted by Gasteiger charge is 2.20. The molecule has 1 saturated carbocycles. The maximum Gasteiger partial charge on any atom is 0.193 e. The zero-order valence-electron chi connectivity index (χ0n) is 15.4. The Morgan fingerprint density at radius 1 is 1.17 bits per heavy atom. The van der Waals surface area contributed by atoms with Gasteiger partial charge in [-0.15, -0.1) is 0 Å². The smallest absolute Gasteiger partial charge is 0.193 e. The second-order valence-corrected chi connectivity index (χ2v) is 7.12. The standard InChI is InChI=1S/C18H36N4O/c1-4-19-18(22(3)14-16-10-13-23-15-16)20-11-12-21(2)17-8-6-5-7-9-17/h16-17H,4-15H2,1-3H3,(H,19,20). The average Bonchev–Trinajstić information content (AvgIpc) is 3.07. The van der Waals surface area contributed by atoms with E-state index < -0.39 is 0 Å². The van der Waals surface area contributed by atoms with Crippen molar-refractivity contribution >= 4 is 5.96 Å². The first-order valence-electron chi connectivity index (χ1n) is 9.48. The van der Waals surface area contributed by atoms with Gasteiger partial charge in [-0.05, 0) is 33.2 Å². The minimum absolute atomic E-state index is 0.647. The Morgan fingerprint density at radius 3 is 2.61 bits per heavy atom. The topological polar surface area (TPSA) is 40.1 Å². The summed E-state index contributed by atoms with van der Waals surface area (Å²) in [5.74, 6) is 1.69. The Labute approximate surface area is 142 Å². The van der Waals surface area contributed by atoms with Crippen molar-refractivity contribution in [3.8, 4) is 0 Å². The van der Waals surface area contributed by atoms with Crippen molar-refractivity contribution in [2.24, 2.45) is 10.9 Å². The largest absolute Gasteiger partial charge is 0.381 e. The van der Waals surface area contributed by atoms with Crippen LogP contribution in [-0.4, -0.2) is 75.3 Å². The van der Waals surface area contributed by atoms with Gasteiger partial charge in [0.15, 0.2) is 5.96 Å². The number of hydrogen-bond acceptors (Lipinski definition) is 3. The summed E-state index contributed by atoms with van der Waals surface area (Å²) in [6, 6.07) is 0.773. The highest BCUT2D eigenvalue weighted by atomic mass is 16.5. The van der Waals surface area contributed by atoms with Gasteiger partial charge in [0.2, 0.25) is 0 Å². The first-order valence-corrected chi connectivity index (χ1v) is 9.48. The fourth-order valence-corrected chi connectivity index (χ4v) is 3.69. The minimum Gasteiger partial charge on any atom is -0.381 e. The molecule has 1 aliphatic heterocycles. The molecule has 5 heteroatoms. The molecule has 0 spiro atoms. The molecule has 2 rings (SSSR count). The molecule has 1 heterocycles. The van der Waals surface area contributed by atoms with Gasteiger partial charge in [-0.1, -0.05) is 19.3 Å². The van der Waals surface area contributed by atoms with Gasteiger partial charge < -0.3 is 19.9 Å². The van der Waals surface area contributed by atoms with Crippen molar-refractivity contribution in [3.63, 3.8) is 0 Å². The van der Waals surface area contributed by atoms with Crippen molar-refractivity contribution in [3.05, 3.63) is 0 Å². The van der Waals surface area contributed by atoms with E-state index in [1.54, 1.807) is 0 Å².